The number of ether oxygens (including phenoxy) is 1. The molecule has 0 atom stereocenters. The highest BCUT2D eigenvalue weighted by atomic mass is 32.2. The second-order valence-corrected chi connectivity index (χ2v) is 5.73. The Kier molecular flexibility index (Phi) is 3.00. The number of nitrogens with zero attached hydrogens (tertiary/aromatic N) is 1. The minimum atomic E-state index is -3.45. The Labute approximate surface area is 89.4 Å². The van der Waals surface area contributed by atoms with Crippen molar-refractivity contribution >= 4 is 10.2 Å². The summed E-state index contributed by atoms with van der Waals surface area (Å²) >= 11 is 0. The molecule has 0 bridgehead atoms. The van der Waals surface area contributed by atoms with Gasteiger partial charge in [-0.25, -0.2) is 0 Å². The molecule has 1 aliphatic carbocycles. The van der Waals surface area contributed by atoms with Crippen LogP contribution in [0.1, 0.15) is 12.8 Å². The summed E-state index contributed by atoms with van der Waals surface area (Å²) in [7, 11) is -3.45. The molecule has 7 heteroatoms. The largest absolute Gasteiger partial charge is 0.394 e. The molecule has 88 valence electrons. The summed E-state index contributed by atoms with van der Waals surface area (Å²) in [5, 5.41) is 9.05. The van der Waals surface area contributed by atoms with Crippen LogP contribution >= 0.6 is 0 Å². The van der Waals surface area contributed by atoms with Gasteiger partial charge in [-0.2, -0.15) is 17.4 Å². The Bertz CT molecular complexity index is 320. The van der Waals surface area contributed by atoms with Gasteiger partial charge in [0.15, 0.2) is 0 Å². The zero-order valence-electron chi connectivity index (χ0n) is 8.48. The molecule has 0 aromatic heterocycles. The maximum atomic E-state index is 11.8. The molecule has 2 N–H and O–H groups in total. The van der Waals surface area contributed by atoms with Crippen LogP contribution in [0, 0.1) is 0 Å². The van der Waals surface area contributed by atoms with Gasteiger partial charge in [-0.3, -0.25) is 0 Å². The number of aliphatic hydroxyl groups excluding tert-OH is 1. The quantitative estimate of drug-likeness (QED) is 0.634. The van der Waals surface area contributed by atoms with Crippen molar-refractivity contribution < 1.29 is 18.3 Å². The predicted molar refractivity (Wildman–Crippen MR) is 53.5 cm³/mol. The van der Waals surface area contributed by atoms with Gasteiger partial charge in [0.25, 0.3) is 10.2 Å². The monoisotopic (exact) mass is 236 g/mol. The summed E-state index contributed by atoms with van der Waals surface area (Å²) in [5.74, 6) is 0. The lowest BCUT2D eigenvalue weighted by Crippen LogP contribution is -2.51. The van der Waals surface area contributed by atoms with Crippen molar-refractivity contribution in [1.82, 2.24) is 9.03 Å². The average Bonchev–Trinajstić information content (AvgIpc) is 2.99. The number of nitrogens with one attached hydrogen (secondary N) is 1. The Morgan fingerprint density at radius 3 is 2.40 bits per heavy atom. The first-order valence-electron chi connectivity index (χ1n) is 5.06. The molecular formula is C8H16N2O4S. The van der Waals surface area contributed by atoms with Gasteiger partial charge in [0, 0.05) is 13.1 Å². The van der Waals surface area contributed by atoms with Crippen molar-refractivity contribution in [3.05, 3.63) is 0 Å². The van der Waals surface area contributed by atoms with Gasteiger partial charge in [0.1, 0.15) is 0 Å². The van der Waals surface area contributed by atoms with E-state index in [0.29, 0.717) is 39.1 Å². The van der Waals surface area contributed by atoms with Gasteiger partial charge >= 0.3 is 0 Å². The maximum absolute atomic E-state index is 11.8. The maximum Gasteiger partial charge on any atom is 0.280 e. The first-order chi connectivity index (χ1) is 7.08. The number of rotatable bonds is 4. The Hall–Kier alpha value is -0.210. The number of aliphatic hydroxyl groups is 1. The molecule has 0 unspecified atom stereocenters. The Morgan fingerprint density at radius 2 is 1.93 bits per heavy atom. The summed E-state index contributed by atoms with van der Waals surface area (Å²) in [6.07, 6.45) is 1.43. The van der Waals surface area contributed by atoms with Crippen LogP contribution in [0.3, 0.4) is 0 Å². The second kappa shape index (κ2) is 3.99. The highest BCUT2D eigenvalue weighted by Crippen LogP contribution is 2.35. The van der Waals surface area contributed by atoms with E-state index in [1.54, 1.807) is 0 Å². The van der Waals surface area contributed by atoms with E-state index in [-0.39, 0.29) is 6.61 Å². The van der Waals surface area contributed by atoms with Crippen LogP contribution in [0.15, 0.2) is 0 Å². The van der Waals surface area contributed by atoms with E-state index >= 15 is 0 Å². The van der Waals surface area contributed by atoms with Gasteiger partial charge in [0.05, 0.1) is 25.4 Å². The first kappa shape index (κ1) is 11.3. The van der Waals surface area contributed by atoms with Crippen LogP contribution in [0.2, 0.25) is 0 Å². The van der Waals surface area contributed by atoms with Crippen LogP contribution in [-0.2, 0) is 14.9 Å². The molecule has 2 aliphatic rings. The third-order valence-electron chi connectivity index (χ3n) is 2.81. The molecule has 15 heavy (non-hydrogen) atoms. The molecule has 0 aromatic rings. The van der Waals surface area contributed by atoms with Crippen LogP contribution < -0.4 is 4.72 Å². The summed E-state index contributed by atoms with van der Waals surface area (Å²) in [6.45, 7) is 1.52. The van der Waals surface area contributed by atoms with E-state index in [4.69, 9.17) is 9.84 Å². The van der Waals surface area contributed by atoms with Gasteiger partial charge in [-0.05, 0) is 12.8 Å². The van der Waals surface area contributed by atoms with Crippen molar-refractivity contribution in [2.75, 3.05) is 32.9 Å². The van der Waals surface area contributed by atoms with E-state index in [0.717, 1.165) is 0 Å². The lowest BCUT2D eigenvalue weighted by molar-refractivity contribution is 0.0720. The van der Waals surface area contributed by atoms with Crippen molar-refractivity contribution in [3.63, 3.8) is 0 Å². The molecular weight excluding hydrogens is 220 g/mol. The molecule has 1 aliphatic heterocycles. The number of morpholine rings is 1. The van der Waals surface area contributed by atoms with Crippen molar-refractivity contribution in [2.45, 2.75) is 18.4 Å². The smallest absolute Gasteiger partial charge is 0.280 e. The number of hydrogen-bond acceptors (Lipinski definition) is 4. The van der Waals surface area contributed by atoms with Crippen LogP contribution in [0.25, 0.3) is 0 Å². The highest BCUT2D eigenvalue weighted by molar-refractivity contribution is 7.87. The summed E-state index contributed by atoms with van der Waals surface area (Å²) in [6, 6.07) is 0. The zero-order chi connectivity index (χ0) is 10.9. The van der Waals surface area contributed by atoms with Gasteiger partial charge in [0.2, 0.25) is 0 Å². The van der Waals surface area contributed by atoms with E-state index in [1.807, 2.05) is 0 Å². The average molecular weight is 236 g/mol. The highest BCUT2D eigenvalue weighted by Gasteiger charge is 2.46. The van der Waals surface area contributed by atoms with Crippen LogP contribution in [0.5, 0.6) is 0 Å². The second-order valence-electron chi connectivity index (χ2n) is 4.06. The first-order valence-corrected chi connectivity index (χ1v) is 6.50. The molecule has 2 rings (SSSR count). The minimum absolute atomic E-state index is 0.128. The SMILES string of the molecule is O=S(=O)(NC1(CO)CC1)N1CCOCC1. The normalized spacial score (nSPS) is 26.5. The van der Waals surface area contributed by atoms with E-state index in [9.17, 15) is 8.42 Å². The van der Waals surface area contributed by atoms with Gasteiger partial charge in [-0.15, -0.1) is 0 Å². The molecule has 0 aromatic carbocycles. The molecule has 1 saturated heterocycles. The van der Waals surface area contributed by atoms with Crippen LogP contribution in [-0.4, -0.2) is 56.3 Å². The van der Waals surface area contributed by atoms with Crippen molar-refractivity contribution in [2.24, 2.45) is 0 Å². The molecule has 0 radical (unpaired) electrons. The molecule has 6 nitrogen and oxygen atoms in total. The fraction of sp³-hybridized carbons (Fsp3) is 1.00. The topological polar surface area (TPSA) is 78.9 Å². The fourth-order valence-electron chi connectivity index (χ4n) is 1.57. The lowest BCUT2D eigenvalue weighted by Gasteiger charge is -2.28. The third kappa shape index (κ3) is 2.48. The molecule has 1 saturated carbocycles. The molecule has 0 spiro atoms. The third-order valence-corrected chi connectivity index (χ3v) is 4.55. The van der Waals surface area contributed by atoms with E-state index in [1.165, 1.54) is 4.31 Å². The lowest BCUT2D eigenvalue weighted by atomic mass is 10.3. The summed E-state index contributed by atoms with van der Waals surface area (Å²) < 4.78 is 32.7. The van der Waals surface area contributed by atoms with Crippen molar-refractivity contribution in [3.8, 4) is 0 Å². The fourth-order valence-corrected chi connectivity index (χ4v) is 3.14. The molecule has 2 fully saturated rings. The Balaban J connectivity index is 1.99. The summed E-state index contributed by atoms with van der Waals surface area (Å²) in [4.78, 5) is 0. The van der Waals surface area contributed by atoms with Crippen LogP contribution in [0.4, 0.5) is 0 Å². The summed E-state index contributed by atoms with van der Waals surface area (Å²) in [5.41, 5.74) is -0.586. The van der Waals surface area contributed by atoms with Gasteiger partial charge < -0.3 is 9.84 Å². The molecule has 0 amide bonds. The standard InChI is InChI=1S/C8H16N2O4S/c11-7-8(1-2-8)9-15(12,13)10-3-5-14-6-4-10/h9,11H,1-7H2. The molecule has 1 heterocycles. The minimum Gasteiger partial charge on any atom is -0.394 e. The number of hydrogen-bond donors (Lipinski definition) is 2. The van der Waals surface area contributed by atoms with E-state index in [2.05, 4.69) is 4.72 Å². The Morgan fingerprint density at radius 1 is 1.33 bits per heavy atom. The predicted octanol–water partition coefficient (Wildman–Crippen LogP) is -1.32. The van der Waals surface area contributed by atoms with Crippen molar-refractivity contribution in [1.29, 1.82) is 0 Å². The zero-order valence-corrected chi connectivity index (χ0v) is 9.29. The van der Waals surface area contributed by atoms with E-state index < -0.39 is 15.7 Å². The van der Waals surface area contributed by atoms with Gasteiger partial charge in [-0.1, -0.05) is 0 Å².